The molecule has 5 heteroatoms. The normalized spacial score (nSPS) is 20.8. The van der Waals surface area contributed by atoms with Crippen molar-refractivity contribution < 1.29 is 19.4 Å². The second-order valence-corrected chi connectivity index (χ2v) is 5.99. The topological polar surface area (TPSA) is 59.0 Å². The molecular weight excluding hydrogens is 246 g/mol. The Bertz CT molecular complexity index is 327. The van der Waals surface area contributed by atoms with Gasteiger partial charge in [0, 0.05) is 25.6 Å². The van der Waals surface area contributed by atoms with Crippen molar-refractivity contribution in [2.24, 2.45) is 5.41 Å². The molecule has 19 heavy (non-hydrogen) atoms. The highest BCUT2D eigenvalue weighted by Gasteiger charge is 2.40. The molecular formula is C14H25NO4. The molecule has 0 saturated carbocycles. The average Bonchev–Trinajstić information content (AvgIpc) is 2.35. The van der Waals surface area contributed by atoms with E-state index in [2.05, 4.69) is 6.58 Å². The first-order valence-corrected chi connectivity index (χ1v) is 6.56. The number of amides is 1. The van der Waals surface area contributed by atoms with Gasteiger partial charge in [-0.2, -0.15) is 0 Å². The molecule has 1 amide bonds. The summed E-state index contributed by atoms with van der Waals surface area (Å²) in [5, 5.41) is 9.92. The zero-order valence-electron chi connectivity index (χ0n) is 12.3. The predicted molar refractivity (Wildman–Crippen MR) is 72.7 cm³/mol. The first kappa shape index (κ1) is 16.0. The van der Waals surface area contributed by atoms with Gasteiger partial charge >= 0.3 is 6.09 Å². The molecule has 1 aliphatic rings. The zero-order valence-corrected chi connectivity index (χ0v) is 12.3. The standard InChI is InChI=1S/C14H25NO4/c1-6-14(11(16)18-5)7-9-15(10-8-14)12(17)19-13(2,3)4/h6,11,16H,1,7-10H2,2-5H3. The molecule has 0 aromatic heterocycles. The van der Waals surface area contributed by atoms with Crippen molar-refractivity contribution in [3.05, 3.63) is 12.7 Å². The van der Waals surface area contributed by atoms with Crippen molar-refractivity contribution in [3.8, 4) is 0 Å². The van der Waals surface area contributed by atoms with E-state index in [9.17, 15) is 9.90 Å². The number of carbonyl (C=O) groups is 1. The Morgan fingerprint density at radius 3 is 2.32 bits per heavy atom. The number of methoxy groups -OCH3 is 1. The molecule has 1 unspecified atom stereocenters. The molecule has 1 rings (SSSR count). The van der Waals surface area contributed by atoms with Crippen molar-refractivity contribution in [3.63, 3.8) is 0 Å². The smallest absolute Gasteiger partial charge is 0.410 e. The maximum absolute atomic E-state index is 11.9. The number of piperidine rings is 1. The highest BCUT2D eigenvalue weighted by atomic mass is 16.6. The maximum atomic E-state index is 11.9. The number of nitrogens with zero attached hydrogens (tertiary/aromatic N) is 1. The SMILES string of the molecule is C=CC1(C(O)OC)CCN(C(=O)OC(C)(C)C)CC1. The van der Waals surface area contributed by atoms with E-state index >= 15 is 0 Å². The summed E-state index contributed by atoms with van der Waals surface area (Å²) in [5.41, 5.74) is -0.969. The van der Waals surface area contributed by atoms with Crippen LogP contribution in [0.15, 0.2) is 12.7 Å². The molecule has 1 aliphatic heterocycles. The van der Waals surface area contributed by atoms with Crippen molar-refractivity contribution in [2.75, 3.05) is 20.2 Å². The van der Waals surface area contributed by atoms with Crippen LogP contribution >= 0.6 is 0 Å². The van der Waals surface area contributed by atoms with Gasteiger partial charge < -0.3 is 19.5 Å². The van der Waals surface area contributed by atoms with Crippen LogP contribution in [0.5, 0.6) is 0 Å². The van der Waals surface area contributed by atoms with E-state index in [-0.39, 0.29) is 6.09 Å². The first-order valence-electron chi connectivity index (χ1n) is 6.56. The number of aliphatic hydroxyl groups excluding tert-OH is 1. The van der Waals surface area contributed by atoms with Gasteiger partial charge in [-0.1, -0.05) is 6.08 Å². The fourth-order valence-corrected chi connectivity index (χ4v) is 2.22. The highest BCUT2D eigenvalue weighted by molar-refractivity contribution is 5.68. The van der Waals surface area contributed by atoms with Crippen LogP contribution in [0.2, 0.25) is 0 Å². The highest BCUT2D eigenvalue weighted by Crippen LogP contribution is 2.36. The van der Waals surface area contributed by atoms with Crippen LogP contribution in [0, 0.1) is 5.41 Å². The quantitative estimate of drug-likeness (QED) is 0.631. The van der Waals surface area contributed by atoms with Crippen LogP contribution in [0.25, 0.3) is 0 Å². The first-order chi connectivity index (χ1) is 8.74. The number of ether oxygens (including phenoxy) is 2. The summed E-state index contributed by atoms with van der Waals surface area (Å²) in [6, 6.07) is 0. The Labute approximate surface area is 115 Å². The second kappa shape index (κ2) is 5.92. The number of rotatable bonds is 3. The van der Waals surface area contributed by atoms with Crippen LogP contribution < -0.4 is 0 Å². The third-order valence-electron chi connectivity index (χ3n) is 3.47. The summed E-state index contributed by atoms with van der Waals surface area (Å²) >= 11 is 0. The predicted octanol–water partition coefficient (Wildman–Crippen LogP) is 2.15. The third-order valence-corrected chi connectivity index (χ3v) is 3.47. The fraction of sp³-hybridized carbons (Fsp3) is 0.786. The van der Waals surface area contributed by atoms with Gasteiger partial charge in [-0.25, -0.2) is 4.79 Å². The molecule has 0 aliphatic carbocycles. The monoisotopic (exact) mass is 271 g/mol. The molecule has 0 aromatic rings. The molecule has 1 fully saturated rings. The summed E-state index contributed by atoms with van der Waals surface area (Å²) in [7, 11) is 1.47. The lowest BCUT2D eigenvalue weighted by atomic mass is 9.78. The van der Waals surface area contributed by atoms with Crippen molar-refractivity contribution >= 4 is 6.09 Å². The summed E-state index contributed by atoms with van der Waals surface area (Å²) < 4.78 is 10.3. The zero-order chi connectivity index (χ0) is 14.7. The van der Waals surface area contributed by atoms with Crippen LogP contribution in [-0.2, 0) is 9.47 Å². The number of carbonyl (C=O) groups excluding carboxylic acids is 1. The lowest BCUT2D eigenvalue weighted by Gasteiger charge is -2.42. The largest absolute Gasteiger partial charge is 0.444 e. The maximum Gasteiger partial charge on any atom is 0.410 e. The van der Waals surface area contributed by atoms with Gasteiger partial charge in [-0.3, -0.25) is 0 Å². The fourth-order valence-electron chi connectivity index (χ4n) is 2.22. The van der Waals surface area contributed by atoms with Crippen molar-refractivity contribution in [1.29, 1.82) is 0 Å². The van der Waals surface area contributed by atoms with E-state index in [0.717, 1.165) is 0 Å². The number of hydrogen-bond donors (Lipinski definition) is 1. The summed E-state index contributed by atoms with van der Waals surface area (Å²) in [4.78, 5) is 13.6. The Morgan fingerprint density at radius 1 is 1.42 bits per heavy atom. The molecule has 5 nitrogen and oxygen atoms in total. The summed E-state index contributed by atoms with van der Waals surface area (Å²) in [6.07, 6.45) is 1.77. The van der Waals surface area contributed by atoms with E-state index in [1.807, 2.05) is 20.8 Å². The van der Waals surface area contributed by atoms with Gasteiger partial charge in [0.05, 0.1) is 0 Å². The van der Waals surface area contributed by atoms with Gasteiger partial charge in [0.2, 0.25) is 0 Å². The van der Waals surface area contributed by atoms with Crippen LogP contribution in [0.3, 0.4) is 0 Å². The number of likely N-dealkylation sites (tertiary alicyclic amines) is 1. The minimum Gasteiger partial charge on any atom is -0.444 e. The molecule has 0 bridgehead atoms. The van der Waals surface area contributed by atoms with Crippen molar-refractivity contribution in [1.82, 2.24) is 4.90 Å². The molecule has 110 valence electrons. The van der Waals surface area contributed by atoms with E-state index in [1.54, 1.807) is 11.0 Å². The van der Waals surface area contributed by atoms with E-state index in [4.69, 9.17) is 9.47 Å². The van der Waals surface area contributed by atoms with Gasteiger partial charge in [0.1, 0.15) is 5.60 Å². The van der Waals surface area contributed by atoms with Crippen LogP contribution in [0.4, 0.5) is 4.79 Å². The lowest BCUT2D eigenvalue weighted by Crippen LogP contribution is -2.48. The molecule has 0 spiro atoms. The van der Waals surface area contributed by atoms with Crippen LogP contribution in [-0.4, -0.2) is 48.2 Å². The summed E-state index contributed by atoms with van der Waals surface area (Å²) in [6.45, 7) is 10.4. The van der Waals surface area contributed by atoms with Crippen molar-refractivity contribution in [2.45, 2.75) is 45.5 Å². The van der Waals surface area contributed by atoms with Gasteiger partial charge in [0.25, 0.3) is 0 Å². The van der Waals surface area contributed by atoms with E-state index in [1.165, 1.54) is 7.11 Å². The van der Waals surface area contributed by atoms with E-state index in [0.29, 0.717) is 25.9 Å². The number of hydrogen-bond acceptors (Lipinski definition) is 4. The molecule has 1 N–H and O–H groups in total. The molecule has 1 atom stereocenters. The Balaban J connectivity index is 2.61. The minimum absolute atomic E-state index is 0.308. The number of aliphatic hydroxyl groups is 1. The molecule has 0 aromatic carbocycles. The minimum atomic E-state index is -0.884. The lowest BCUT2D eigenvalue weighted by molar-refractivity contribution is -0.154. The molecule has 0 radical (unpaired) electrons. The molecule has 1 saturated heterocycles. The molecule has 1 heterocycles. The Morgan fingerprint density at radius 2 is 1.95 bits per heavy atom. The Hall–Kier alpha value is -1.07. The van der Waals surface area contributed by atoms with Gasteiger partial charge in [-0.15, -0.1) is 6.58 Å². The summed E-state index contributed by atoms with van der Waals surface area (Å²) in [5.74, 6) is 0. The average molecular weight is 271 g/mol. The van der Waals surface area contributed by atoms with Gasteiger partial charge in [0.15, 0.2) is 6.29 Å². The van der Waals surface area contributed by atoms with E-state index < -0.39 is 17.3 Å². The second-order valence-electron chi connectivity index (χ2n) is 5.99. The third kappa shape index (κ3) is 3.94. The van der Waals surface area contributed by atoms with Crippen LogP contribution in [0.1, 0.15) is 33.6 Å². The Kier molecular flexibility index (Phi) is 4.98. The van der Waals surface area contributed by atoms with Gasteiger partial charge in [-0.05, 0) is 33.6 Å².